The molecule has 2 aromatic carbocycles. The second kappa shape index (κ2) is 5.89. The first kappa shape index (κ1) is 15.3. The first-order valence-corrected chi connectivity index (χ1v) is 7.46. The standard InChI is InChI=1S/C18H14ClNO3/c1-10-6-8-11(9-7-10)16(21)14-15(20-18(23)17(14)22)12-4-2-3-5-13(12)19/h2-9,15,21H,1H3,(H,20,23)/b16-14+/t15-/m0/s1. The molecule has 2 N–H and O–H groups in total. The smallest absolute Gasteiger partial charge is 0.293 e. The first-order valence-electron chi connectivity index (χ1n) is 7.09. The van der Waals surface area contributed by atoms with Gasteiger partial charge in [0.05, 0.1) is 11.6 Å². The van der Waals surface area contributed by atoms with E-state index in [0.29, 0.717) is 16.1 Å². The van der Waals surface area contributed by atoms with Crippen molar-refractivity contribution in [2.45, 2.75) is 13.0 Å². The van der Waals surface area contributed by atoms with Crippen molar-refractivity contribution in [3.8, 4) is 0 Å². The van der Waals surface area contributed by atoms with E-state index in [4.69, 9.17) is 11.6 Å². The molecule has 3 rings (SSSR count). The number of hydrogen-bond acceptors (Lipinski definition) is 3. The molecule has 0 spiro atoms. The van der Waals surface area contributed by atoms with Crippen LogP contribution in [-0.2, 0) is 9.59 Å². The summed E-state index contributed by atoms with van der Waals surface area (Å²) in [4.78, 5) is 24.0. The number of rotatable bonds is 2. The van der Waals surface area contributed by atoms with Gasteiger partial charge in [0.15, 0.2) is 0 Å². The third-order valence-corrected chi connectivity index (χ3v) is 4.16. The monoisotopic (exact) mass is 327 g/mol. The zero-order chi connectivity index (χ0) is 16.6. The summed E-state index contributed by atoms with van der Waals surface area (Å²) in [5.74, 6) is -1.70. The van der Waals surface area contributed by atoms with Gasteiger partial charge in [0.1, 0.15) is 5.76 Å². The van der Waals surface area contributed by atoms with E-state index in [1.807, 2.05) is 19.1 Å². The van der Waals surface area contributed by atoms with Crippen LogP contribution in [-0.4, -0.2) is 16.8 Å². The number of ketones is 1. The maximum absolute atomic E-state index is 12.2. The summed E-state index contributed by atoms with van der Waals surface area (Å²) in [6.07, 6.45) is 0. The Hall–Kier alpha value is -2.59. The maximum atomic E-state index is 12.2. The number of aliphatic hydroxyl groups is 1. The predicted octanol–water partition coefficient (Wildman–Crippen LogP) is 3.36. The molecule has 0 aromatic heterocycles. The van der Waals surface area contributed by atoms with Gasteiger partial charge < -0.3 is 10.4 Å². The van der Waals surface area contributed by atoms with E-state index >= 15 is 0 Å². The fourth-order valence-corrected chi connectivity index (χ4v) is 2.82. The molecular formula is C18H14ClNO3. The van der Waals surface area contributed by atoms with Crippen molar-refractivity contribution in [2.75, 3.05) is 0 Å². The van der Waals surface area contributed by atoms with Gasteiger partial charge in [0.2, 0.25) is 0 Å². The Morgan fingerprint density at radius 3 is 2.39 bits per heavy atom. The molecule has 0 saturated carbocycles. The summed E-state index contributed by atoms with van der Waals surface area (Å²) in [5, 5.41) is 13.5. The van der Waals surface area contributed by atoms with E-state index < -0.39 is 17.7 Å². The van der Waals surface area contributed by atoms with Crippen LogP contribution in [0.3, 0.4) is 0 Å². The number of carbonyl (C=O) groups is 2. The molecule has 1 heterocycles. The molecule has 23 heavy (non-hydrogen) atoms. The van der Waals surface area contributed by atoms with Gasteiger partial charge in [-0.05, 0) is 18.6 Å². The van der Waals surface area contributed by atoms with Crippen LogP contribution in [0.25, 0.3) is 5.76 Å². The van der Waals surface area contributed by atoms with Gasteiger partial charge in [0.25, 0.3) is 11.7 Å². The van der Waals surface area contributed by atoms with Crippen LogP contribution >= 0.6 is 11.6 Å². The minimum Gasteiger partial charge on any atom is -0.507 e. The Morgan fingerprint density at radius 1 is 1.09 bits per heavy atom. The Kier molecular flexibility index (Phi) is 3.92. The minimum atomic E-state index is -0.759. The zero-order valence-electron chi connectivity index (χ0n) is 12.3. The van der Waals surface area contributed by atoms with Gasteiger partial charge in [-0.25, -0.2) is 0 Å². The van der Waals surface area contributed by atoms with E-state index in [-0.39, 0.29) is 11.3 Å². The van der Waals surface area contributed by atoms with Crippen LogP contribution in [0.4, 0.5) is 0 Å². The summed E-state index contributed by atoms with van der Waals surface area (Å²) in [7, 11) is 0. The molecule has 1 aliphatic rings. The quantitative estimate of drug-likeness (QED) is 0.505. The number of aliphatic hydroxyl groups excluding tert-OH is 1. The van der Waals surface area contributed by atoms with E-state index in [2.05, 4.69) is 5.32 Å². The lowest BCUT2D eigenvalue weighted by molar-refractivity contribution is -0.133. The average Bonchev–Trinajstić information content (AvgIpc) is 2.83. The van der Waals surface area contributed by atoms with Crippen molar-refractivity contribution < 1.29 is 14.7 Å². The predicted molar refractivity (Wildman–Crippen MR) is 88.1 cm³/mol. The van der Waals surface area contributed by atoms with E-state index in [0.717, 1.165) is 5.56 Å². The third kappa shape index (κ3) is 2.73. The van der Waals surface area contributed by atoms with Crippen molar-refractivity contribution in [1.82, 2.24) is 5.32 Å². The van der Waals surface area contributed by atoms with Gasteiger partial charge in [-0.3, -0.25) is 9.59 Å². The molecule has 1 aliphatic heterocycles. The van der Waals surface area contributed by atoms with Crippen molar-refractivity contribution in [2.24, 2.45) is 0 Å². The fourth-order valence-electron chi connectivity index (χ4n) is 2.58. The van der Waals surface area contributed by atoms with Gasteiger partial charge in [-0.2, -0.15) is 0 Å². The number of halogens is 1. The highest BCUT2D eigenvalue weighted by Crippen LogP contribution is 2.35. The molecule has 4 nitrogen and oxygen atoms in total. The number of amides is 1. The average molecular weight is 328 g/mol. The zero-order valence-corrected chi connectivity index (χ0v) is 13.1. The number of nitrogens with one attached hydrogen (secondary N) is 1. The van der Waals surface area contributed by atoms with Gasteiger partial charge in [0, 0.05) is 10.6 Å². The van der Waals surface area contributed by atoms with Gasteiger partial charge in [-0.15, -0.1) is 0 Å². The topological polar surface area (TPSA) is 66.4 Å². The van der Waals surface area contributed by atoms with Crippen LogP contribution in [0, 0.1) is 6.92 Å². The van der Waals surface area contributed by atoms with Crippen LogP contribution in [0.2, 0.25) is 5.02 Å². The van der Waals surface area contributed by atoms with Crippen LogP contribution in [0.15, 0.2) is 54.1 Å². The maximum Gasteiger partial charge on any atom is 0.293 e. The number of aryl methyl sites for hydroxylation is 1. The summed E-state index contributed by atoms with van der Waals surface area (Å²) in [5.41, 5.74) is 2.10. The van der Waals surface area contributed by atoms with E-state index in [1.165, 1.54) is 0 Å². The lowest BCUT2D eigenvalue weighted by atomic mass is 9.95. The summed E-state index contributed by atoms with van der Waals surface area (Å²) in [6, 6.07) is 13.2. The summed E-state index contributed by atoms with van der Waals surface area (Å²) < 4.78 is 0. The highest BCUT2D eigenvalue weighted by atomic mass is 35.5. The second-order valence-electron chi connectivity index (χ2n) is 5.39. The normalized spacial score (nSPS) is 19.7. The van der Waals surface area contributed by atoms with Crippen molar-refractivity contribution >= 4 is 29.1 Å². The van der Waals surface area contributed by atoms with Gasteiger partial charge >= 0.3 is 0 Å². The highest BCUT2D eigenvalue weighted by molar-refractivity contribution is 6.47. The molecular weight excluding hydrogens is 314 g/mol. The molecule has 0 aliphatic carbocycles. The molecule has 116 valence electrons. The summed E-state index contributed by atoms with van der Waals surface area (Å²) in [6.45, 7) is 1.92. The van der Waals surface area contributed by atoms with Crippen molar-refractivity contribution in [1.29, 1.82) is 0 Å². The summed E-state index contributed by atoms with van der Waals surface area (Å²) >= 11 is 6.17. The Labute approximate surface area is 138 Å². The largest absolute Gasteiger partial charge is 0.507 e. The second-order valence-corrected chi connectivity index (χ2v) is 5.79. The number of carbonyl (C=O) groups excluding carboxylic acids is 2. The van der Waals surface area contributed by atoms with Gasteiger partial charge in [-0.1, -0.05) is 59.6 Å². The third-order valence-electron chi connectivity index (χ3n) is 3.81. The molecule has 2 aromatic rings. The number of hydrogen-bond donors (Lipinski definition) is 2. The molecule has 1 saturated heterocycles. The Bertz CT molecular complexity index is 824. The van der Waals surface area contributed by atoms with Crippen molar-refractivity contribution in [3.05, 3.63) is 75.8 Å². The molecule has 0 bridgehead atoms. The Balaban J connectivity index is 2.15. The SMILES string of the molecule is Cc1ccc(/C(O)=C2\C(=O)C(=O)N[C@H]2c2ccccc2Cl)cc1. The van der Waals surface area contributed by atoms with Crippen molar-refractivity contribution in [3.63, 3.8) is 0 Å². The van der Waals surface area contributed by atoms with Crippen LogP contribution < -0.4 is 5.32 Å². The molecule has 1 amide bonds. The lowest BCUT2D eigenvalue weighted by Crippen LogP contribution is -2.21. The first-order chi connectivity index (χ1) is 11.0. The highest BCUT2D eigenvalue weighted by Gasteiger charge is 2.40. The van der Waals surface area contributed by atoms with Crippen LogP contribution in [0.1, 0.15) is 22.7 Å². The Morgan fingerprint density at radius 2 is 1.74 bits per heavy atom. The molecule has 5 heteroatoms. The van der Waals surface area contributed by atoms with E-state index in [1.54, 1.807) is 36.4 Å². The molecule has 0 radical (unpaired) electrons. The fraction of sp³-hybridized carbons (Fsp3) is 0.111. The molecule has 1 atom stereocenters. The lowest BCUT2D eigenvalue weighted by Gasteiger charge is -2.15. The molecule has 1 fully saturated rings. The molecule has 0 unspecified atom stereocenters. The number of benzene rings is 2. The van der Waals surface area contributed by atoms with E-state index in [9.17, 15) is 14.7 Å². The number of Topliss-reactive ketones (excluding diaryl/α,β-unsaturated/α-hetero) is 1. The van der Waals surface area contributed by atoms with Crippen LogP contribution in [0.5, 0.6) is 0 Å². The minimum absolute atomic E-state index is 0.0203.